The summed E-state index contributed by atoms with van der Waals surface area (Å²) < 4.78 is 5.31. The van der Waals surface area contributed by atoms with Crippen LogP contribution in [0.4, 0.5) is 0 Å². The first-order chi connectivity index (χ1) is 16.8. The number of guanidine groups is 1. The van der Waals surface area contributed by atoms with Crippen LogP contribution in [0.3, 0.4) is 0 Å². The first-order valence-electron chi connectivity index (χ1n) is 11.3. The first-order valence-corrected chi connectivity index (χ1v) is 11.3. The number of hydrogen-bond donors (Lipinski definition) is 5. The molecule has 35 heavy (non-hydrogen) atoms. The van der Waals surface area contributed by atoms with E-state index in [1.54, 1.807) is 18.2 Å². The third-order valence-electron chi connectivity index (χ3n) is 5.38. The van der Waals surface area contributed by atoms with Crippen molar-refractivity contribution in [2.24, 2.45) is 22.2 Å². The molecule has 1 heterocycles. The number of carbonyl (C=O) groups excluding carboxylic acids is 2. The number of para-hydroxylation sites is 1. The number of fused-ring (bicyclic) bond motifs is 1. The lowest BCUT2D eigenvalue weighted by Gasteiger charge is -2.20. The molecular formula is C25H30N6O4. The van der Waals surface area contributed by atoms with E-state index in [1.165, 1.54) is 0 Å². The highest BCUT2D eigenvalue weighted by Gasteiger charge is 2.24. The zero-order chi connectivity index (χ0) is 25.2. The molecule has 0 saturated carbocycles. The van der Waals surface area contributed by atoms with Crippen LogP contribution in [0.2, 0.25) is 0 Å². The maximum atomic E-state index is 13.0. The third kappa shape index (κ3) is 7.68. The molecule has 0 radical (unpaired) electrons. The standard InChI is InChI=1S/C25H30N6O4/c26-19(13-16-7-2-1-3-8-16)22(32)31-20(10-6-12-29-25(27)28)23(33)30-15-18-14-17-9-4-5-11-21(17)35-24(18)34/h1-5,7-9,11,14,19-20H,6,10,12-13,15,26H2,(H,30,33)(H,31,32)(H4,27,28,29). The van der Waals surface area contributed by atoms with Crippen LogP contribution in [0.15, 0.2) is 74.9 Å². The van der Waals surface area contributed by atoms with Crippen LogP contribution in [0.5, 0.6) is 0 Å². The summed E-state index contributed by atoms with van der Waals surface area (Å²) in [5.74, 6) is -0.966. The lowest BCUT2D eigenvalue weighted by Crippen LogP contribution is -2.52. The predicted molar refractivity (Wildman–Crippen MR) is 134 cm³/mol. The number of nitrogens with zero attached hydrogens (tertiary/aromatic N) is 1. The summed E-state index contributed by atoms with van der Waals surface area (Å²) in [5, 5.41) is 6.17. The number of rotatable bonds is 11. The van der Waals surface area contributed by atoms with E-state index >= 15 is 0 Å². The normalized spacial score (nSPS) is 12.5. The van der Waals surface area contributed by atoms with Crippen LogP contribution in [0, 0.1) is 0 Å². The van der Waals surface area contributed by atoms with Crippen molar-refractivity contribution in [2.75, 3.05) is 6.54 Å². The SMILES string of the molecule is NC(N)=NCCCC(NC(=O)C(N)Cc1ccccc1)C(=O)NCc1cc2ccccc2oc1=O. The fraction of sp³-hybridized carbons (Fsp3) is 0.280. The largest absolute Gasteiger partial charge is 0.422 e. The summed E-state index contributed by atoms with van der Waals surface area (Å²) in [6.07, 6.45) is 1.05. The second-order valence-electron chi connectivity index (χ2n) is 8.12. The van der Waals surface area contributed by atoms with Gasteiger partial charge in [-0.3, -0.25) is 14.6 Å². The van der Waals surface area contributed by atoms with Crippen molar-refractivity contribution in [1.82, 2.24) is 10.6 Å². The number of aliphatic imine (C=N–C) groups is 1. The van der Waals surface area contributed by atoms with Crippen molar-refractivity contribution < 1.29 is 14.0 Å². The van der Waals surface area contributed by atoms with Gasteiger partial charge in [0, 0.05) is 11.9 Å². The van der Waals surface area contributed by atoms with E-state index in [9.17, 15) is 14.4 Å². The number of nitrogens with one attached hydrogen (secondary N) is 2. The second kappa shape index (κ2) is 12.3. The van der Waals surface area contributed by atoms with Crippen molar-refractivity contribution in [3.05, 3.63) is 82.2 Å². The van der Waals surface area contributed by atoms with Gasteiger partial charge in [-0.05, 0) is 37.0 Å². The second-order valence-corrected chi connectivity index (χ2v) is 8.12. The Kier molecular flexibility index (Phi) is 8.96. The minimum Gasteiger partial charge on any atom is -0.422 e. The molecule has 0 bridgehead atoms. The van der Waals surface area contributed by atoms with Gasteiger partial charge in [-0.2, -0.15) is 0 Å². The molecule has 0 fully saturated rings. The van der Waals surface area contributed by atoms with E-state index in [0.717, 1.165) is 10.9 Å². The molecule has 2 aromatic carbocycles. The Morgan fingerprint density at radius 1 is 1.00 bits per heavy atom. The van der Waals surface area contributed by atoms with Gasteiger partial charge in [0.25, 0.3) is 0 Å². The Hall–Kier alpha value is -4.18. The molecule has 10 nitrogen and oxygen atoms in total. The molecule has 0 aliphatic carbocycles. The lowest BCUT2D eigenvalue weighted by molar-refractivity contribution is -0.129. The highest BCUT2D eigenvalue weighted by molar-refractivity contribution is 5.89. The Bertz CT molecular complexity index is 1240. The predicted octanol–water partition coefficient (Wildman–Crippen LogP) is 0.518. The smallest absolute Gasteiger partial charge is 0.341 e. The van der Waals surface area contributed by atoms with Crippen LogP contribution in [-0.2, 0) is 22.6 Å². The number of hydrogen-bond acceptors (Lipinski definition) is 6. The fourth-order valence-corrected chi connectivity index (χ4v) is 3.55. The van der Waals surface area contributed by atoms with E-state index in [2.05, 4.69) is 15.6 Å². The minimum atomic E-state index is -0.883. The van der Waals surface area contributed by atoms with Crippen LogP contribution in [0.1, 0.15) is 24.0 Å². The zero-order valence-electron chi connectivity index (χ0n) is 19.3. The molecule has 10 heteroatoms. The van der Waals surface area contributed by atoms with Gasteiger partial charge in [0.15, 0.2) is 5.96 Å². The van der Waals surface area contributed by atoms with E-state index in [-0.39, 0.29) is 18.9 Å². The van der Waals surface area contributed by atoms with Gasteiger partial charge >= 0.3 is 5.63 Å². The van der Waals surface area contributed by atoms with E-state index in [1.807, 2.05) is 42.5 Å². The van der Waals surface area contributed by atoms with Crippen molar-refractivity contribution >= 4 is 28.7 Å². The molecule has 0 aliphatic heterocycles. The molecular weight excluding hydrogens is 448 g/mol. The van der Waals surface area contributed by atoms with Gasteiger partial charge in [0.1, 0.15) is 11.6 Å². The number of benzene rings is 2. The molecule has 2 amide bonds. The highest BCUT2D eigenvalue weighted by Crippen LogP contribution is 2.12. The average molecular weight is 479 g/mol. The Morgan fingerprint density at radius 3 is 2.46 bits per heavy atom. The van der Waals surface area contributed by atoms with Crippen molar-refractivity contribution in [2.45, 2.75) is 37.9 Å². The molecule has 184 valence electrons. The summed E-state index contributed by atoms with van der Waals surface area (Å²) in [6.45, 7) is 0.245. The van der Waals surface area contributed by atoms with Gasteiger partial charge in [-0.1, -0.05) is 48.5 Å². The maximum Gasteiger partial charge on any atom is 0.341 e. The van der Waals surface area contributed by atoms with Gasteiger partial charge in [0.05, 0.1) is 18.2 Å². The summed E-state index contributed by atoms with van der Waals surface area (Å²) in [6, 6.07) is 16.4. The van der Waals surface area contributed by atoms with E-state index in [0.29, 0.717) is 30.5 Å². The first kappa shape index (κ1) is 25.4. The third-order valence-corrected chi connectivity index (χ3v) is 5.38. The van der Waals surface area contributed by atoms with Crippen LogP contribution in [-0.4, -0.2) is 36.4 Å². The lowest BCUT2D eigenvalue weighted by atomic mass is 10.0. The van der Waals surface area contributed by atoms with Gasteiger partial charge in [0.2, 0.25) is 11.8 Å². The van der Waals surface area contributed by atoms with E-state index in [4.69, 9.17) is 21.6 Å². The summed E-state index contributed by atoms with van der Waals surface area (Å²) in [7, 11) is 0. The Morgan fingerprint density at radius 2 is 1.71 bits per heavy atom. The Balaban J connectivity index is 1.66. The number of nitrogens with two attached hydrogens (primary N) is 3. The van der Waals surface area contributed by atoms with E-state index < -0.39 is 29.5 Å². The fourth-order valence-electron chi connectivity index (χ4n) is 3.55. The van der Waals surface area contributed by atoms with Gasteiger partial charge in [-0.25, -0.2) is 4.79 Å². The van der Waals surface area contributed by atoms with Crippen molar-refractivity contribution in [3.8, 4) is 0 Å². The Labute approximate surface area is 202 Å². The minimum absolute atomic E-state index is 0.0528. The quantitative estimate of drug-likeness (QED) is 0.115. The van der Waals surface area contributed by atoms with Gasteiger partial charge in [-0.15, -0.1) is 0 Å². The monoisotopic (exact) mass is 478 g/mol. The average Bonchev–Trinajstić information content (AvgIpc) is 2.84. The topological polar surface area (TPSA) is 179 Å². The molecule has 2 atom stereocenters. The molecule has 0 saturated heterocycles. The number of carbonyl (C=O) groups is 2. The maximum absolute atomic E-state index is 13.0. The van der Waals surface area contributed by atoms with Crippen LogP contribution < -0.4 is 33.5 Å². The number of amides is 2. The van der Waals surface area contributed by atoms with Crippen molar-refractivity contribution in [3.63, 3.8) is 0 Å². The van der Waals surface area contributed by atoms with Gasteiger partial charge < -0.3 is 32.3 Å². The molecule has 0 aliphatic rings. The summed E-state index contributed by atoms with van der Waals surface area (Å²) >= 11 is 0. The molecule has 2 unspecified atom stereocenters. The molecule has 3 rings (SSSR count). The summed E-state index contributed by atoms with van der Waals surface area (Å²) in [4.78, 5) is 41.9. The molecule has 1 aromatic heterocycles. The van der Waals surface area contributed by atoms with Crippen LogP contribution in [0.25, 0.3) is 11.0 Å². The molecule has 0 spiro atoms. The highest BCUT2D eigenvalue weighted by atomic mass is 16.4. The zero-order valence-corrected chi connectivity index (χ0v) is 19.3. The molecule has 3 aromatic rings. The summed E-state index contributed by atoms with van der Waals surface area (Å²) in [5.41, 5.74) is 17.9. The molecule has 8 N–H and O–H groups in total. The van der Waals surface area contributed by atoms with Crippen molar-refractivity contribution in [1.29, 1.82) is 0 Å². The van der Waals surface area contributed by atoms with Crippen LogP contribution >= 0.6 is 0 Å².